The van der Waals surface area contributed by atoms with E-state index in [4.69, 9.17) is 0 Å². The van der Waals surface area contributed by atoms with Gasteiger partial charge in [0.2, 0.25) is 5.91 Å². The molecule has 0 aliphatic rings. The fourth-order valence-corrected chi connectivity index (χ4v) is 2.18. The molecule has 0 saturated heterocycles. The van der Waals surface area contributed by atoms with Crippen LogP contribution < -0.4 is 4.90 Å². The molecule has 0 spiro atoms. The molecular formula is C13H16F3NO2S. The number of halogens is 3. The Hall–Kier alpha value is -1.37. The molecule has 0 fully saturated rings. The summed E-state index contributed by atoms with van der Waals surface area (Å²) in [6, 6.07) is 4.60. The van der Waals surface area contributed by atoms with E-state index in [0.717, 1.165) is 0 Å². The number of phenolic OH excluding ortho intramolecular Hbond substituents is 1. The second kappa shape index (κ2) is 6.39. The molecule has 1 aromatic rings. The predicted molar refractivity (Wildman–Crippen MR) is 73.9 cm³/mol. The highest BCUT2D eigenvalue weighted by molar-refractivity contribution is 8.00. The van der Waals surface area contributed by atoms with E-state index in [9.17, 15) is 23.1 Å². The number of rotatable bonds is 4. The van der Waals surface area contributed by atoms with Crippen LogP contribution in [0.4, 0.5) is 18.9 Å². The Labute approximate surface area is 119 Å². The third-order valence-corrected chi connectivity index (χ3v) is 3.81. The van der Waals surface area contributed by atoms with Gasteiger partial charge in [0.05, 0.1) is 0 Å². The lowest BCUT2D eigenvalue weighted by Crippen LogP contribution is -2.33. The molecule has 1 aromatic carbocycles. The van der Waals surface area contributed by atoms with Crippen LogP contribution >= 0.6 is 11.8 Å². The maximum absolute atomic E-state index is 12.1. The first-order chi connectivity index (χ1) is 9.11. The lowest BCUT2D eigenvalue weighted by atomic mass is 10.1. The van der Waals surface area contributed by atoms with Crippen molar-refractivity contribution in [2.45, 2.75) is 19.4 Å². The Morgan fingerprint density at radius 1 is 1.45 bits per heavy atom. The van der Waals surface area contributed by atoms with Crippen molar-refractivity contribution >= 4 is 23.4 Å². The molecular weight excluding hydrogens is 291 g/mol. The minimum atomic E-state index is -4.33. The fourth-order valence-electron chi connectivity index (χ4n) is 1.60. The van der Waals surface area contributed by atoms with Crippen molar-refractivity contribution in [2.24, 2.45) is 5.92 Å². The number of hydrogen-bond acceptors (Lipinski definition) is 3. The van der Waals surface area contributed by atoms with Gasteiger partial charge in [-0.15, -0.1) is 0 Å². The summed E-state index contributed by atoms with van der Waals surface area (Å²) >= 11 is -0.199. The number of nitrogens with zero attached hydrogens (tertiary/aromatic N) is 1. The SMILES string of the molecule is Cc1cc(N(C)C(=O)C(C)CSC(F)(F)F)ccc1O. The van der Waals surface area contributed by atoms with E-state index in [-0.39, 0.29) is 23.3 Å². The smallest absolute Gasteiger partial charge is 0.441 e. The van der Waals surface area contributed by atoms with E-state index < -0.39 is 17.3 Å². The third-order valence-electron chi connectivity index (χ3n) is 2.82. The molecule has 0 aliphatic carbocycles. The number of anilines is 1. The zero-order chi connectivity index (χ0) is 15.5. The predicted octanol–water partition coefficient (Wildman–Crippen LogP) is 3.55. The highest BCUT2D eigenvalue weighted by atomic mass is 32.2. The summed E-state index contributed by atoms with van der Waals surface area (Å²) in [7, 11) is 1.50. The van der Waals surface area contributed by atoms with Crippen LogP contribution in [-0.4, -0.2) is 29.3 Å². The summed E-state index contributed by atoms with van der Waals surface area (Å²) < 4.78 is 36.3. The normalized spacial score (nSPS) is 13.1. The highest BCUT2D eigenvalue weighted by Crippen LogP contribution is 2.32. The number of aromatic hydroxyl groups is 1. The highest BCUT2D eigenvalue weighted by Gasteiger charge is 2.31. The van der Waals surface area contributed by atoms with Gasteiger partial charge in [0.25, 0.3) is 0 Å². The van der Waals surface area contributed by atoms with Gasteiger partial charge in [-0.25, -0.2) is 0 Å². The average Bonchev–Trinajstić information content (AvgIpc) is 2.36. The van der Waals surface area contributed by atoms with Crippen LogP contribution in [0, 0.1) is 12.8 Å². The van der Waals surface area contributed by atoms with E-state index in [0.29, 0.717) is 11.3 Å². The maximum atomic E-state index is 12.1. The molecule has 0 aromatic heterocycles. The van der Waals surface area contributed by atoms with Gasteiger partial charge in [0, 0.05) is 24.4 Å². The molecule has 1 N–H and O–H groups in total. The van der Waals surface area contributed by atoms with E-state index in [1.54, 1.807) is 19.1 Å². The first-order valence-corrected chi connectivity index (χ1v) is 6.88. The molecule has 0 aliphatic heterocycles. The van der Waals surface area contributed by atoms with Crippen molar-refractivity contribution in [3.8, 4) is 5.75 Å². The van der Waals surface area contributed by atoms with Gasteiger partial charge in [0.15, 0.2) is 0 Å². The summed E-state index contributed by atoms with van der Waals surface area (Å²) in [5.74, 6) is -1.35. The molecule has 20 heavy (non-hydrogen) atoms. The maximum Gasteiger partial charge on any atom is 0.441 e. The average molecular weight is 307 g/mol. The van der Waals surface area contributed by atoms with Crippen molar-refractivity contribution in [1.29, 1.82) is 0 Å². The molecule has 7 heteroatoms. The lowest BCUT2D eigenvalue weighted by Gasteiger charge is -2.22. The minimum Gasteiger partial charge on any atom is -0.508 e. The number of amides is 1. The Balaban J connectivity index is 2.73. The van der Waals surface area contributed by atoms with Crippen LogP contribution in [0.25, 0.3) is 0 Å². The summed E-state index contributed by atoms with van der Waals surface area (Å²) in [4.78, 5) is 13.3. The standard InChI is InChI=1S/C13H16F3NO2S/c1-8-6-10(4-5-11(8)18)17(3)12(19)9(2)7-20-13(14,15)16/h4-6,9,18H,7H2,1-3H3. The summed E-state index contributed by atoms with van der Waals surface area (Å²) in [6.07, 6.45) is 0. The Kier molecular flexibility index (Phi) is 5.33. The number of aryl methyl sites for hydroxylation is 1. The molecule has 1 unspecified atom stereocenters. The van der Waals surface area contributed by atoms with Crippen LogP contribution in [0.1, 0.15) is 12.5 Å². The second-order valence-electron chi connectivity index (χ2n) is 4.53. The third kappa shape index (κ3) is 4.63. The number of phenols is 1. The molecule has 1 atom stereocenters. The van der Waals surface area contributed by atoms with E-state index in [1.165, 1.54) is 24.9 Å². The molecule has 0 radical (unpaired) electrons. The van der Waals surface area contributed by atoms with Crippen molar-refractivity contribution in [3.05, 3.63) is 23.8 Å². The zero-order valence-electron chi connectivity index (χ0n) is 11.4. The molecule has 0 saturated carbocycles. The molecule has 1 amide bonds. The molecule has 0 heterocycles. The summed E-state index contributed by atoms with van der Waals surface area (Å²) in [5, 5.41) is 9.42. The van der Waals surface area contributed by atoms with Gasteiger partial charge in [-0.05, 0) is 30.7 Å². The zero-order valence-corrected chi connectivity index (χ0v) is 12.2. The van der Waals surface area contributed by atoms with Crippen molar-refractivity contribution < 1.29 is 23.1 Å². The number of alkyl halides is 3. The summed E-state index contributed by atoms with van der Waals surface area (Å²) in [5.41, 5.74) is -3.20. The Morgan fingerprint density at radius 3 is 2.55 bits per heavy atom. The Morgan fingerprint density at radius 2 is 2.05 bits per heavy atom. The summed E-state index contributed by atoms with van der Waals surface area (Å²) in [6.45, 7) is 3.14. The topological polar surface area (TPSA) is 40.5 Å². The monoisotopic (exact) mass is 307 g/mol. The van der Waals surface area contributed by atoms with Crippen LogP contribution in [0.2, 0.25) is 0 Å². The number of hydrogen-bond donors (Lipinski definition) is 1. The molecule has 3 nitrogen and oxygen atoms in total. The van der Waals surface area contributed by atoms with Gasteiger partial charge < -0.3 is 10.0 Å². The van der Waals surface area contributed by atoms with E-state index >= 15 is 0 Å². The van der Waals surface area contributed by atoms with Crippen LogP contribution in [0.3, 0.4) is 0 Å². The van der Waals surface area contributed by atoms with Crippen LogP contribution in [0.5, 0.6) is 5.75 Å². The van der Waals surface area contributed by atoms with Crippen LogP contribution in [-0.2, 0) is 4.79 Å². The molecule has 0 bridgehead atoms. The molecule has 1 rings (SSSR count). The Bertz CT molecular complexity index is 491. The second-order valence-corrected chi connectivity index (χ2v) is 5.61. The van der Waals surface area contributed by atoms with Gasteiger partial charge >= 0.3 is 5.51 Å². The first kappa shape index (κ1) is 16.7. The van der Waals surface area contributed by atoms with E-state index in [2.05, 4.69) is 0 Å². The van der Waals surface area contributed by atoms with Crippen molar-refractivity contribution in [2.75, 3.05) is 17.7 Å². The minimum absolute atomic E-state index is 0.107. The van der Waals surface area contributed by atoms with E-state index in [1.807, 2.05) is 0 Å². The van der Waals surface area contributed by atoms with Gasteiger partial charge in [-0.2, -0.15) is 13.2 Å². The van der Waals surface area contributed by atoms with Gasteiger partial charge in [-0.1, -0.05) is 18.7 Å². The number of carbonyl (C=O) groups is 1. The quantitative estimate of drug-likeness (QED) is 0.925. The first-order valence-electron chi connectivity index (χ1n) is 5.89. The van der Waals surface area contributed by atoms with Gasteiger partial charge in [0.1, 0.15) is 5.75 Å². The lowest BCUT2D eigenvalue weighted by molar-refractivity contribution is -0.121. The number of benzene rings is 1. The van der Waals surface area contributed by atoms with Crippen LogP contribution in [0.15, 0.2) is 18.2 Å². The largest absolute Gasteiger partial charge is 0.508 e. The fraction of sp³-hybridized carbons (Fsp3) is 0.462. The van der Waals surface area contributed by atoms with Gasteiger partial charge in [-0.3, -0.25) is 4.79 Å². The van der Waals surface area contributed by atoms with Crippen molar-refractivity contribution in [3.63, 3.8) is 0 Å². The number of carbonyl (C=O) groups excluding carboxylic acids is 1. The number of thioether (sulfide) groups is 1. The molecule has 112 valence electrons. The van der Waals surface area contributed by atoms with Crippen molar-refractivity contribution in [1.82, 2.24) is 0 Å².